The third-order valence-electron chi connectivity index (χ3n) is 7.79. The van der Waals surface area contributed by atoms with Gasteiger partial charge < -0.3 is 10.4 Å². The van der Waals surface area contributed by atoms with E-state index in [9.17, 15) is 22.7 Å². The number of alkyl halides is 3. The van der Waals surface area contributed by atoms with Crippen molar-refractivity contribution in [1.29, 1.82) is 0 Å². The van der Waals surface area contributed by atoms with Crippen LogP contribution in [-0.4, -0.2) is 44.5 Å². The monoisotopic (exact) mass is 555 g/mol. The van der Waals surface area contributed by atoms with E-state index in [0.717, 1.165) is 30.5 Å². The van der Waals surface area contributed by atoms with Crippen LogP contribution in [0.5, 0.6) is 0 Å². The number of tetrazole rings is 1. The Kier molecular flexibility index (Phi) is 8.19. The largest absolute Gasteiger partial charge is 0.453 e. The van der Waals surface area contributed by atoms with E-state index in [0.29, 0.717) is 27.8 Å². The summed E-state index contributed by atoms with van der Waals surface area (Å²) in [6.07, 6.45) is 3.41. The summed E-state index contributed by atoms with van der Waals surface area (Å²) in [5.41, 5.74) is 4.49. The van der Waals surface area contributed by atoms with Crippen LogP contribution in [0.2, 0.25) is 0 Å². The molecule has 2 aromatic carbocycles. The van der Waals surface area contributed by atoms with Gasteiger partial charge in [-0.25, -0.2) is 4.39 Å². The van der Waals surface area contributed by atoms with Crippen molar-refractivity contribution < 1.29 is 22.7 Å². The Labute approximate surface area is 230 Å². The second-order valence-corrected chi connectivity index (χ2v) is 10.9. The van der Waals surface area contributed by atoms with E-state index in [2.05, 4.69) is 20.8 Å². The highest BCUT2D eigenvalue weighted by Gasteiger charge is 2.38. The van der Waals surface area contributed by atoms with Crippen LogP contribution >= 0.6 is 0 Å². The molecule has 0 radical (unpaired) electrons. The molecule has 2 N–H and O–H groups in total. The van der Waals surface area contributed by atoms with E-state index in [1.54, 1.807) is 18.2 Å². The van der Waals surface area contributed by atoms with Gasteiger partial charge in [0, 0.05) is 12.0 Å². The molecular formula is C30H33F4N5O. The van der Waals surface area contributed by atoms with Gasteiger partial charge >= 0.3 is 6.18 Å². The molecule has 1 heterocycles. The lowest BCUT2D eigenvalue weighted by Gasteiger charge is -2.22. The molecule has 5 rings (SSSR count). The van der Waals surface area contributed by atoms with Gasteiger partial charge in [-0.1, -0.05) is 49.8 Å². The van der Waals surface area contributed by atoms with Crippen molar-refractivity contribution in [2.24, 2.45) is 5.92 Å². The Morgan fingerprint density at radius 1 is 1.12 bits per heavy atom. The predicted octanol–water partition coefficient (Wildman–Crippen LogP) is 6.19. The Morgan fingerprint density at radius 3 is 2.52 bits per heavy atom. The van der Waals surface area contributed by atoms with Gasteiger partial charge in [0.05, 0.1) is 12.3 Å². The summed E-state index contributed by atoms with van der Waals surface area (Å²) in [4.78, 5) is 0. The molecule has 2 aliphatic rings. The van der Waals surface area contributed by atoms with Crippen molar-refractivity contribution in [3.8, 4) is 5.69 Å². The zero-order valence-corrected chi connectivity index (χ0v) is 22.5. The maximum Gasteiger partial charge on any atom is 0.453 e. The van der Waals surface area contributed by atoms with E-state index < -0.39 is 12.0 Å². The first kappa shape index (κ1) is 28.2. The Balaban J connectivity index is 1.52. The number of rotatable bonds is 9. The van der Waals surface area contributed by atoms with Gasteiger partial charge in [-0.05, 0) is 101 Å². The van der Waals surface area contributed by atoms with Gasteiger partial charge in [0.1, 0.15) is 5.82 Å². The fourth-order valence-electron chi connectivity index (χ4n) is 5.58. The minimum atomic E-state index is -4.72. The molecule has 2 saturated carbocycles. The first-order valence-corrected chi connectivity index (χ1v) is 13.6. The van der Waals surface area contributed by atoms with Gasteiger partial charge in [-0.2, -0.15) is 17.9 Å². The molecule has 0 saturated heterocycles. The van der Waals surface area contributed by atoms with Crippen LogP contribution in [-0.2, 0) is 6.18 Å². The summed E-state index contributed by atoms with van der Waals surface area (Å²) in [6.45, 7) is 4.56. The standard InChI is InChI=1S/C30H33F4N5O/c1-18(2)26-14-13-25(39-29(30(32,33)34)36-37-38-39)15-27(26)22(17-40)6-4-19-3-5-21(16-35-24-11-12-24)28(19)20-7-9-23(31)10-8-20/h4,6-10,13-15,18,21,24,28,35,40H,3,5,11-12,16-17H2,1-2H3/b19-4?,22-6+/t21?,28-/m1/s1. The topological polar surface area (TPSA) is 75.9 Å². The van der Waals surface area contributed by atoms with Crippen LogP contribution in [0, 0.1) is 11.7 Å². The molecule has 1 aromatic heterocycles. The van der Waals surface area contributed by atoms with Gasteiger partial charge in [0.25, 0.3) is 5.82 Å². The van der Waals surface area contributed by atoms with Gasteiger partial charge in [-0.3, -0.25) is 0 Å². The summed E-state index contributed by atoms with van der Waals surface area (Å²) in [5, 5.41) is 24.0. The van der Waals surface area contributed by atoms with Crippen molar-refractivity contribution >= 4 is 5.57 Å². The number of benzene rings is 2. The van der Waals surface area contributed by atoms with Crippen molar-refractivity contribution in [2.45, 2.75) is 63.6 Å². The molecule has 0 amide bonds. The third kappa shape index (κ3) is 6.18. The number of halogens is 4. The van der Waals surface area contributed by atoms with E-state index >= 15 is 0 Å². The molecule has 2 fully saturated rings. The summed E-state index contributed by atoms with van der Waals surface area (Å²) < 4.78 is 54.8. The van der Waals surface area contributed by atoms with Crippen LogP contribution in [0.4, 0.5) is 17.6 Å². The van der Waals surface area contributed by atoms with Gasteiger partial charge in [-0.15, -0.1) is 5.10 Å². The minimum absolute atomic E-state index is 0.0546. The average Bonchev–Trinajstić information content (AvgIpc) is 3.44. The molecular weight excluding hydrogens is 522 g/mol. The fraction of sp³-hybridized carbons (Fsp3) is 0.433. The van der Waals surface area contributed by atoms with Crippen molar-refractivity contribution in [1.82, 2.24) is 25.5 Å². The second-order valence-electron chi connectivity index (χ2n) is 10.9. The first-order chi connectivity index (χ1) is 19.2. The van der Waals surface area contributed by atoms with Crippen molar-refractivity contribution in [2.75, 3.05) is 13.2 Å². The van der Waals surface area contributed by atoms with Gasteiger partial charge in [0.15, 0.2) is 0 Å². The zero-order chi connectivity index (χ0) is 28.4. The normalized spacial score (nSPS) is 21.1. The Bertz CT molecular complexity index is 1390. The van der Waals surface area contributed by atoms with Crippen molar-refractivity contribution in [3.05, 3.63) is 88.5 Å². The molecule has 1 unspecified atom stereocenters. The number of nitrogens with zero attached hydrogens (tertiary/aromatic N) is 4. The Morgan fingerprint density at radius 2 is 1.88 bits per heavy atom. The number of allylic oxidation sites excluding steroid dienone is 3. The summed E-state index contributed by atoms with van der Waals surface area (Å²) >= 11 is 0. The molecule has 0 spiro atoms. The molecule has 2 aliphatic carbocycles. The molecule has 40 heavy (non-hydrogen) atoms. The second kappa shape index (κ2) is 11.6. The zero-order valence-electron chi connectivity index (χ0n) is 22.5. The van der Waals surface area contributed by atoms with E-state index in [-0.39, 0.29) is 29.9 Å². The van der Waals surface area contributed by atoms with E-state index in [1.807, 2.05) is 38.1 Å². The van der Waals surface area contributed by atoms with E-state index in [1.165, 1.54) is 30.5 Å². The summed E-state index contributed by atoms with van der Waals surface area (Å²) in [7, 11) is 0. The number of aliphatic hydroxyl groups is 1. The summed E-state index contributed by atoms with van der Waals surface area (Å²) in [5.74, 6) is -0.974. The molecule has 2 atom stereocenters. The maximum atomic E-state index is 13.7. The van der Waals surface area contributed by atoms with Crippen LogP contribution in [0.15, 0.2) is 60.2 Å². The first-order valence-electron chi connectivity index (χ1n) is 13.6. The average molecular weight is 556 g/mol. The lowest BCUT2D eigenvalue weighted by atomic mass is 9.85. The number of hydrogen-bond donors (Lipinski definition) is 2. The van der Waals surface area contributed by atoms with Crippen LogP contribution < -0.4 is 5.32 Å². The quantitative estimate of drug-likeness (QED) is 0.308. The SMILES string of the molecule is CC(C)c1ccc(-n2nnnc2C(F)(F)F)cc1/C(=C/C=C1CCC(CNC2CC2)[C@H]1c1ccc(F)cc1)CO. The highest BCUT2D eigenvalue weighted by molar-refractivity contribution is 5.72. The Hall–Kier alpha value is -3.37. The minimum Gasteiger partial charge on any atom is -0.392 e. The van der Waals surface area contributed by atoms with Crippen LogP contribution in [0.3, 0.4) is 0 Å². The van der Waals surface area contributed by atoms with Crippen LogP contribution in [0.1, 0.15) is 73.9 Å². The fourth-order valence-corrected chi connectivity index (χ4v) is 5.58. The third-order valence-corrected chi connectivity index (χ3v) is 7.79. The molecule has 3 aromatic rings. The maximum absolute atomic E-state index is 13.7. The van der Waals surface area contributed by atoms with Gasteiger partial charge in [0.2, 0.25) is 0 Å². The van der Waals surface area contributed by atoms with E-state index in [4.69, 9.17) is 0 Å². The number of hydrogen-bond acceptors (Lipinski definition) is 5. The highest BCUT2D eigenvalue weighted by atomic mass is 19.4. The molecule has 0 aliphatic heterocycles. The number of aromatic nitrogens is 4. The lowest BCUT2D eigenvalue weighted by Crippen LogP contribution is -2.26. The highest BCUT2D eigenvalue weighted by Crippen LogP contribution is 2.44. The molecule has 10 heteroatoms. The smallest absolute Gasteiger partial charge is 0.392 e. The number of aliphatic hydroxyl groups excluding tert-OH is 1. The lowest BCUT2D eigenvalue weighted by molar-refractivity contribution is -0.146. The predicted molar refractivity (Wildman–Crippen MR) is 144 cm³/mol. The summed E-state index contributed by atoms with van der Waals surface area (Å²) in [6, 6.07) is 12.1. The van der Waals surface area contributed by atoms with Crippen LogP contribution in [0.25, 0.3) is 11.3 Å². The molecule has 0 bridgehead atoms. The van der Waals surface area contributed by atoms with Crippen molar-refractivity contribution in [3.63, 3.8) is 0 Å². The molecule has 212 valence electrons. The molecule has 6 nitrogen and oxygen atoms in total. The number of nitrogens with one attached hydrogen (secondary N) is 1.